The average molecular weight is 280 g/mol. The first-order chi connectivity index (χ1) is 8.58. The maximum Gasteiger partial charge on any atom is 0.262 e. The Labute approximate surface area is 116 Å². The number of nitrogens with one attached hydrogen (secondary N) is 1. The molecule has 0 spiro atoms. The fourth-order valence-electron chi connectivity index (χ4n) is 1.73. The van der Waals surface area contributed by atoms with Crippen LogP contribution in [0.25, 0.3) is 0 Å². The molecule has 1 aromatic carbocycles. The first kappa shape index (κ1) is 13.1. The van der Waals surface area contributed by atoms with E-state index in [2.05, 4.69) is 5.32 Å². The minimum absolute atomic E-state index is 0.0324. The summed E-state index contributed by atoms with van der Waals surface area (Å²) in [4.78, 5) is 12.8. The molecule has 1 amide bonds. The van der Waals surface area contributed by atoms with Crippen molar-refractivity contribution in [3.8, 4) is 0 Å². The van der Waals surface area contributed by atoms with E-state index in [0.717, 1.165) is 16.0 Å². The molecule has 1 atom stereocenters. The summed E-state index contributed by atoms with van der Waals surface area (Å²) in [5, 5.41) is 5.59. The lowest BCUT2D eigenvalue weighted by Crippen LogP contribution is -2.26. The Morgan fingerprint density at radius 2 is 2.17 bits per heavy atom. The zero-order chi connectivity index (χ0) is 13.1. The van der Waals surface area contributed by atoms with Crippen LogP contribution in [0, 0.1) is 6.92 Å². The monoisotopic (exact) mass is 279 g/mol. The lowest BCUT2D eigenvalue weighted by atomic mass is 10.1. The zero-order valence-electron chi connectivity index (χ0n) is 10.2. The zero-order valence-corrected chi connectivity index (χ0v) is 11.8. The molecule has 94 valence electrons. The Hall–Kier alpha value is -1.32. The molecular weight excluding hydrogens is 266 g/mol. The van der Waals surface area contributed by atoms with Crippen molar-refractivity contribution in [1.29, 1.82) is 0 Å². The third kappa shape index (κ3) is 2.92. The summed E-state index contributed by atoms with van der Waals surface area (Å²) in [6.07, 6.45) is 0. The second kappa shape index (κ2) is 5.55. The summed E-state index contributed by atoms with van der Waals surface area (Å²) in [6.45, 7) is 3.89. The Morgan fingerprint density at radius 1 is 1.39 bits per heavy atom. The number of benzene rings is 1. The van der Waals surface area contributed by atoms with Crippen LogP contribution in [-0.4, -0.2) is 5.91 Å². The smallest absolute Gasteiger partial charge is 0.262 e. The quantitative estimate of drug-likeness (QED) is 0.896. The van der Waals surface area contributed by atoms with Crippen LogP contribution >= 0.6 is 22.9 Å². The molecule has 0 aliphatic rings. The number of aryl methyl sites for hydroxylation is 1. The minimum Gasteiger partial charge on any atom is -0.345 e. The Bertz CT molecular complexity index is 564. The van der Waals surface area contributed by atoms with E-state index in [1.807, 2.05) is 49.6 Å². The number of carbonyl (C=O) groups excluding carboxylic acids is 1. The van der Waals surface area contributed by atoms with E-state index in [1.54, 1.807) is 0 Å². The van der Waals surface area contributed by atoms with Crippen LogP contribution in [0.15, 0.2) is 35.7 Å². The average Bonchev–Trinajstić information content (AvgIpc) is 2.75. The van der Waals surface area contributed by atoms with Crippen molar-refractivity contribution in [1.82, 2.24) is 5.32 Å². The Balaban J connectivity index is 2.10. The Kier molecular flexibility index (Phi) is 4.04. The molecule has 0 saturated heterocycles. The molecular formula is C14H14ClNOS. The van der Waals surface area contributed by atoms with Gasteiger partial charge in [0, 0.05) is 5.02 Å². The normalized spacial score (nSPS) is 12.2. The maximum atomic E-state index is 12.1. The van der Waals surface area contributed by atoms with Crippen LogP contribution < -0.4 is 5.32 Å². The molecule has 1 aromatic heterocycles. The van der Waals surface area contributed by atoms with Crippen molar-refractivity contribution in [2.75, 3.05) is 0 Å². The van der Waals surface area contributed by atoms with Crippen LogP contribution in [0.2, 0.25) is 5.02 Å². The molecule has 2 nitrogen and oxygen atoms in total. The molecule has 0 aliphatic carbocycles. The molecule has 1 unspecified atom stereocenters. The van der Waals surface area contributed by atoms with Crippen molar-refractivity contribution in [2.24, 2.45) is 0 Å². The van der Waals surface area contributed by atoms with Crippen molar-refractivity contribution < 1.29 is 4.79 Å². The standard InChI is InChI=1S/C14H14ClNOS/c1-9-6-7-18-13(9)14(17)16-10(2)11-4-3-5-12(15)8-11/h3-8,10H,1-2H3,(H,16,17). The molecule has 0 saturated carbocycles. The SMILES string of the molecule is Cc1ccsc1C(=O)NC(C)c1cccc(Cl)c1. The van der Waals surface area contributed by atoms with E-state index in [-0.39, 0.29) is 11.9 Å². The molecule has 0 fully saturated rings. The van der Waals surface area contributed by atoms with Gasteiger partial charge < -0.3 is 5.32 Å². The lowest BCUT2D eigenvalue weighted by molar-refractivity contribution is 0.0943. The lowest BCUT2D eigenvalue weighted by Gasteiger charge is -2.14. The largest absolute Gasteiger partial charge is 0.345 e. The fourth-order valence-corrected chi connectivity index (χ4v) is 2.75. The number of rotatable bonds is 3. The Morgan fingerprint density at radius 3 is 2.78 bits per heavy atom. The maximum absolute atomic E-state index is 12.1. The predicted molar refractivity (Wildman–Crippen MR) is 76.4 cm³/mol. The van der Waals surface area contributed by atoms with Gasteiger partial charge in [-0.3, -0.25) is 4.79 Å². The molecule has 18 heavy (non-hydrogen) atoms. The van der Waals surface area contributed by atoms with Crippen LogP contribution in [-0.2, 0) is 0 Å². The van der Waals surface area contributed by atoms with E-state index in [0.29, 0.717) is 5.02 Å². The molecule has 1 heterocycles. The van der Waals surface area contributed by atoms with Crippen LogP contribution in [0.1, 0.15) is 33.8 Å². The topological polar surface area (TPSA) is 29.1 Å². The van der Waals surface area contributed by atoms with Crippen LogP contribution in [0.5, 0.6) is 0 Å². The van der Waals surface area contributed by atoms with E-state index in [4.69, 9.17) is 11.6 Å². The second-order valence-electron chi connectivity index (χ2n) is 4.18. The fraction of sp³-hybridized carbons (Fsp3) is 0.214. The number of hydrogen-bond acceptors (Lipinski definition) is 2. The third-order valence-electron chi connectivity index (χ3n) is 2.76. The predicted octanol–water partition coefficient (Wildman–Crippen LogP) is 4.20. The molecule has 1 N–H and O–H groups in total. The van der Waals surface area contributed by atoms with Gasteiger partial charge in [-0.2, -0.15) is 0 Å². The second-order valence-corrected chi connectivity index (χ2v) is 5.54. The van der Waals surface area contributed by atoms with Crippen LogP contribution in [0.3, 0.4) is 0 Å². The minimum atomic E-state index is -0.0577. The van der Waals surface area contributed by atoms with E-state index >= 15 is 0 Å². The first-order valence-corrected chi connectivity index (χ1v) is 6.94. The van der Waals surface area contributed by atoms with Crippen molar-refractivity contribution >= 4 is 28.8 Å². The van der Waals surface area contributed by atoms with E-state index < -0.39 is 0 Å². The molecule has 2 rings (SSSR count). The highest BCUT2D eigenvalue weighted by Gasteiger charge is 2.14. The molecule has 4 heteroatoms. The van der Waals surface area contributed by atoms with Crippen molar-refractivity contribution in [3.05, 3.63) is 56.7 Å². The van der Waals surface area contributed by atoms with Gasteiger partial charge in [0.2, 0.25) is 0 Å². The number of thiophene rings is 1. The van der Waals surface area contributed by atoms with E-state index in [9.17, 15) is 4.79 Å². The highest BCUT2D eigenvalue weighted by Crippen LogP contribution is 2.20. The summed E-state index contributed by atoms with van der Waals surface area (Å²) in [5.41, 5.74) is 2.01. The van der Waals surface area contributed by atoms with Gasteiger partial charge in [-0.25, -0.2) is 0 Å². The van der Waals surface area contributed by atoms with Gasteiger partial charge in [0.05, 0.1) is 10.9 Å². The van der Waals surface area contributed by atoms with Gasteiger partial charge in [-0.15, -0.1) is 11.3 Å². The number of halogens is 1. The highest BCUT2D eigenvalue weighted by atomic mass is 35.5. The van der Waals surface area contributed by atoms with Crippen molar-refractivity contribution in [3.63, 3.8) is 0 Å². The first-order valence-electron chi connectivity index (χ1n) is 5.68. The number of amides is 1. The molecule has 0 bridgehead atoms. The summed E-state index contributed by atoms with van der Waals surface area (Å²) in [6, 6.07) is 9.42. The van der Waals surface area contributed by atoms with Crippen LogP contribution in [0.4, 0.5) is 0 Å². The summed E-state index contributed by atoms with van der Waals surface area (Å²) in [5.74, 6) is -0.0324. The summed E-state index contributed by atoms with van der Waals surface area (Å²) < 4.78 is 0. The van der Waals surface area contributed by atoms with Gasteiger partial charge in [-0.05, 0) is 48.6 Å². The van der Waals surface area contributed by atoms with Gasteiger partial charge >= 0.3 is 0 Å². The van der Waals surface area contributed by atoms with Gasteiger partial charge in [0.1, 0.15) is 0 Å². The number of hydrogen-bond donors (Lipinski definition) is 1. The molecule has 2 aromatic rings. The number of carbonyl (C=O) groups is 1. The highest BCUT2D eigenvalue weighted by molar-refractivity contribution is 7.12. The summed E-state index contributed by atoms with van der Waals surface area (Å²) in [7, 11) is 0. The molecule has 0 aliphatic heterocycles. The summed E-state index contributed by atoms with van der Waals surface area (Å²) >= 11 is 7.40. The van der Waals surface area contributed by atoms with Gasteiger partial charge in [0.15, 0.2) is 0 Å². The van der Waals surface area contributed by atoms with Crippen molar-refractivity contribution in [2.45, 2.75) is 19.9 Å². The third-order valence-corrected chi connectivity index (χ3v) is 4.01. The molecule has 0 radical (unpaired) electrons. The van der Waals surface area contributed by atoms with Gasteiger partial charge in [-0.1, -0.05) is 23.7 Å². The van der Waals surface area contributed by atoms with Gasteiger partial charge in [0.25, 0.3) is 5.91 Å². The van der Waals surface area contributed by atoms with E-state index in [1.165, 1.54) is 11.3 Å².